The second kappa shape index (κ2) is 8.58. The number of rotatable bonds is 7. The van der Waals surface area contributed by atoms with E-state index in [1.54, 1.807) is 6.20 Å². The van der Waals surface area contributed by atoms with Crippen LogP contribution >= 0.6 is 0 Å². The van der Waals surface area contributed by atoms with Crippen molar-refractivity contribution >= 4 is 11.7 Å². The first-order valence-corrected chi connectivity index (χ1v) is 9.29. The van der Waals surface area contributed by atoms with Crippen molar-refractivity contribution in [2.75, 3.05) is 38.2 Å². The third kappa shape index (κ3) is 4.67. The zero-order valence-electron chi connectivity index (χ0n) is 15.2. The lowest BCUT2D eigenvalue weighted by Crippen LogP contribution is -2.49. The number of carbonyl (C=O) groups excluding carboxylic acids is 1. The minimum Gasteiger partial charge on any atom is -0.376 e. The van der Waals surface area contributed by atoms with Crippen LogP contribution in [0.4, 0.5) is 5.82 Å². The lowest BCUT2D eigenvalue weighted by molar-refractivity contribution is -0.126. The molecule has 3 heterocycles. The number of ether oxygens (including phenoxy) is 1. The molecule has 0 aromatic carbocycles. The van der Waals surface area contributed by atoms with Gasteiger partial charge in [0.1, 0.15) is 0 Å². The standard InChI is InChI=1S/C18H29N5O2/c1-14(18(24)19-12-16-7-5-11-25-16)22(2)13-15-6-4-10-23(15)17-8-3-9-20-21-17/h3,8-9,14-16H,4-7,10-13H2,1-2H3,(H,19,24). The van der Waals surface area contributed by atoms with Gasteiger partial charge >= 0.3 is 0 Å². The van der Waals surface area contributed by atoms with Crippen molar-refractivity contribution in [2.24, 2.45) is 0 Å². The van der Waals surface area contributed by atoms with Crippen molar-refractivity contribution in [2.45, 2.75) is 50.8 Å². The average molecular weight is 347 g/mol. The van der Waals surface area contributed by atoms with E-state index in [1.807, 2.05) is 26.1 Å². The van der Waals surface area contributed by atoms with Crippen LogP contribution in [0.1, 0.15) is 32.6 Å². The number of amides is 1. The number of carbonyl (C=O) groups is 1. The van der Waals surface area contributed by atoms with Gasteiger partial charge in [-0.1, -0.05) is 0 Å². The molecule has 2 aliphatic rings. The van der Waals surface area contributed by atoms with Gasteiger partial charge in [0.15, 0.2) is 5.82 Å². The fourth-order valence-electron chi connectivity index (χ4n) is 3.63. The van der Waals surface area contributed by atoms with Gasteiger partial charge in [-0.25, -0.2) is 0 Å². The molecule has 0 aliphatic carbocycles. The summed E-state index contributed by atoms with van der Waals surface area (Å²) in [6.45, 7) is 5.23. The molecule has 3 atom stereocenters. The van der Waals surface area contributed by atoms with Gasteiger partial charge in [-0.15, -0.1) is 5.10 Å². The van der Waals surface area contributed by atoms with Gasteiger partial charge in [-0.2, -0.15) is 5.10 Å². The topological polar surface area (TPSA) is 70.6 Å². The summed E-state index contributed by atoms with van der Waals surface area (Å²) in [5.74, 6) is 0.996. The lowest BCUT2D eigenvalue weighted by atomic mass is 10.1. The smallest absolute Gasteiger partial charge is 0.237 e. The Hall–Kier alpha value is -1.73. The maximum Gasteiger partial charge on any atom is 0.237 e. The van der Waals surface area contributed by atoms with E-state index >= 15 is 0 Å². The zero-order chi connectivity index (χ0) is 17.6. The molecule has 1 N–H and O–H groups in total. The molecule has 2 saturated heterocycles. The SMILES string of the molecule is CC(C(=O)NCC1CCCO1)N(C)CC1CCCN1c1cccnn1. The van der Waals surface area contributed by atoms with Crippen LogP contribution < -0.4 is 10.2 Å². The molecule has 2 aliphatic heterocycles. The van der Waals surface area contributed by atoms with Crippen LogP contribution in [-0.2, 0) is 9.53 Å². The van der Waals surface area contributed by atoms with Crippen LogP contribution in [0, 0.1) is 0 Å². The van der Waals surface area contributed by atoms with E-state index in [1.165, 1.54) is 0 Å². The third-order valence-corrected chi connectivity index (χ3v) is 5.30. The Bertz CT molecular complexity index is 550. The predicted octanol–water partition coefficient (Wildman–Crippen LogP) is 1.06. The first-order valence-electron chi connectivity index (χ1n) is 9.29. The molecular formula is C18H29N5O2. The molecule has 7 nitrogen and oxygen atoms in total. The van der Waals surface area contributed by atoms with Gasteiger partial charge in [-0.05, 0) is 51.8 Å². The minimum absolute atomic E-state index is 0.0713. The van der Waals surface area contributed by atoms with Gasteiger partial charge < -0.3 is 15.0 Å². The number of hydrogen-bond donors (Lipinski definition) is 1. The van der Waals surface area contributed by atoms with Crippen LogP contribution in [0.3, 0.4) is 0 Å². The first kappa shape index (κ1) is 18.1. The predicted molar refractivity (Wildman–Crippen MR) is 96.5 cm³/mol. The summed E-state index contributed by atoms with van der Waals surface area (Å²) in [5.41, 5.74) is 0. The molecule has 0 radical (unpaired) electrons. The average Bonchev–Trinajstić information content (AvgIpc) is 3.31. The maximum atomic E-state index is 12.4. The first-order chi connectivity index (χ1) is 12.1. The van der Waals surface area contributed by atoms with Gasteiger partial charge in [0.2, 0.25) is 5.91 Å². The van der Waals surface area contributed by atoms with Crippen LogP contribution in [0.25, 0.3) is 0 Å². The fraction of sp³-hybridized carbons (Fsp3) is 0.722. The van der Waals surface area contributed by atoms with Crippen LogP contribution in [0.5, 0.6) is 0 Å². The molecule has 0 bridgehead atoms. The number of hydrogen-bond acceptors (Lipinski definition) is 6. The Balaban J connectivity index is 1.49. The van der Waals surface area contributed by atoms with E-state index in [4.69, 9.17) is 4.74 Å². The van der Waals surface area contributed by atoms with Crippen LogP contribution in [0.15, 0.2) is 18.3 Å². The van der Waals surface area contributed by atoms with Gasteiger partial charge in [0, 0.05) is 38.5 Å². The van der Waals surface area contributed by atoms with E-state index in [9.17, 15) is 4.79 Å². The number of nitrogens with zero attached hydrogens (tertiary/aromatic N) is 4. The monoisotopic (exact) mass is 347 g/mol. The summed E-state index contributed by atoms with van der Waals surface area (Å²) >= 11 is 0. The molecule has 0 spiro atoms. The number of aromatic nitrogens is 2. The minimum atomic E-state index is -0.161. The largest absolute Gasteiger partial charge is 0.376 e. The van der Waals surface area contributed by atoms with E-state index in [0.717, 1.165) is 51.2 Å². The Morgan fingerprint density at radius 1 is 1.48 bits per heavy atom. The molecular weight excluding hydrogens is 318 g/mol. The quantitative estimate of drug-likeness (QED) is 0.795. The molecule has 25 heavy (non-hydrogen) atoms. The molecule has 7 heteroatoms. The van der Waals surface area contributed by atoms with E-state index in [0.29, 0.717) is 12.6 Å². The number of anilines is 1. The van der Waals surface area contributed by atoms with E-state index in [-0.39, 0.29) is 18.1 Å². The zero-order valence-corrected chi connectivity index (χ0v) is 15.2. The second-order valence-corrected chi connectivity index (χ2v) is 7.07. The highest BCUT2D eigenvalue weighted by Crippen LogP contribution is 2.24. The van der Waals surface area contributed by atoms with Crippen molar-refractivity contribution in [1.29, 1.82) is 0 Å². The Labute approximate surface area is 149 Å². The lowest BCUT2D eigenvalue weighted by Gasteiger charge is -2.31. The van der Waals surface area contributed by atoms with Crippen molar-refractivity contribution in [3.63, 3.8) is 0 Å². The molecule has 0 saturated carbocycles. The Morgan fingerprint density at radius 3 is 3.08 bits per heavy atom. The summed E-state index contributed by atoms with van der Waals surface area (Å²) in [5, 5.41) is 11.3. The highest BCUT2D eigenvalue weighted by atomic mass is 16.5. The number of likely N-dealkylation sites (N-methyl/N-ethyl adjacent to an activating group) is 1. The third-order valence-electron chi connectivity index (χ3n) is 5.30. The molecule has 1 amide bonds. The summed E-state index contributed by atoms with van der Waals surface area (Å²) in [6.07, 6.45) is 6.28. The van der Waals surface area contributed by atoms with Crippen molar-refractivity contribution in [3.05, 3.63) is 18.3 Å². The van der Waals surface area contributed by atoms with Crippen molar-refractivity contribution < 1.29 is 9.53 Å². The summed E-state index contributed by atoms with van der Waals surface area (Å²) in [4.78, 5) is 16.9. The van der Waals surface area contributed by atoms with Gasteiger partial charge in [0.25, 0.3) is 0 Å². The molecule has 2 fully saturated rings. The molecule has 3 unspecified atom stereocenters. The second-order valence-electron chi connectivity index (χ2n) is 7.07. The number of nitrogens with one attached hydrogen (secondary N) is 1. The van der Waals surface area contributed by atoms with Gasteiger partial charge in [-0.3, -0.25) is 9.69 Å². The highest BCUT2D eigenvalue weighted by molar-refractivity contribution is 5.81. The maximum absolute atomic E-state index is 12.4. The van der Waals surface area contributed by atoms with Crippen LogP contribution in [0.2, 0.25) is 0 Å². The molecule has 138 valence electrons. The molecule has 1 aromatic rings. The summed E-state index contributed by atoms with van der Waals surface area (Å²) in [7, 11) is 2.02. The van der Waals surface area contributed by atoms with E-state index < -0.39 is 0 Å². The Morgan fingerprint density at radius 2 is 2.36 bits per heavy atom. The highest BCUT2D eigenvalue weighted by Gasteiger charge is 2.29. The van der Waals surface area contributed by atoms with E-state index in [2.05, 4.69) is 25.3 Å². The molecule has 1 aromatic heterocycles. The van der Waals surface area contributed by atoms with Crippen LogP contribution in [-0.4, -0.2) is 72.5 Å². The van der Waals surface area contributed by atoms with Crippen molar-refractivity contribution in [3.8, 4) is 0 Å². The van der Waals surface area contributed by atoms with Gasteiger partial charge in [0.05, 0.1) is 12.1 Å². The Kier molecular flexibility index (Phi) is 6.20. The summed E-state index contributed by atoms with van der Waals surface area (Å²) in [6, 6.07) is 4.13. The summed E-state index contributed by atoms with van der Waals surface area (Å²) < 4.78 is 5.57. The fourth-order valence-corrected chi connectivity index (χ4v) is 3.63. The normalized spacial score (nSPS) is 24.7. The van der Waals surface area contributed by atoms with Crippen molar-refractivity contribution in [1.82, 2.24) is 20.4 Å². The molecule has 3 rings (SSSR count).